The largest absolute Gasteiger partial charge is 0.480 e. The Hall–Kier alpha value is -2.88. The predicted octanol–water partition coefficient (Wildman–Crippen LogP) is 0.566. The first kappa shape index (κ1) is 16.2. The lowest BCUT2D eigenvalue weighted by Crippen LogP contribution is -2.30. The molecule has 0 bridgehead atoms. The van der Waals surface area contributed by atoms with E-state index in [1.54, 1.807) is 18.2 Å². The molecular weight excluding hydrogens is 277 g/mol. The van der Waals surface area contributed by atoms with Crippen LogP contribution in [0.15, 0.2) is 36.0 Å². The van der Waals surface area contributed by atoms with Gasteiger partial charge in [-0.2, -0.15) is 5.26 Å². The van der Waals surface area contributed by atoms with Crippen molar-refractivity contribution in [3.63, 3.8) is 0 Å². The minimum Gasteiger partial charge on any atom is -0.480 e. The van der Waals surface area contributed by atoms with Crippen LogP contribution in [0.5, 0.6) is 0 Å². The smallest absolute Gasteiger partial charge is 0.322 e. The maximum absolute atomic E-state index is 12.7. The molecule has 0 spiro atoms. The van der Waals surface area contributed by atoms with Crippen molar-refractivity contribution in [3.05, 3.63) is 47.4 Å². The molecule has 0 atom stereocenters. The van der Waals surface area contributed by atoms with Crippen molar-refractivity contribution in [2.24, 2.45) is 0 Å². The molecule has 3 N–H and O–H groups in total. The highest BCUT2D eigenvalue weighted by molar-refractivity contribution is 5.98. The van der Waals surface area contributed by atoms with Crippen molar-refractivity contribution in [2.45, 2.75) is 6.42 Å². The van der Waals surface area contributed by atoms with E-state index in [4.69, 9.17) is 10.4 Å². The lowest BCUT2D eigenvalue weighted by atomic mass is 10.1. The number of carboxylic acid groups (broad SMARTS) is 1. The molecule has 21 heavy (non-hydrogen) atoms. The zero-order valence-electron chi connectivity index (χ0n) is 11.1. The van der Waals surface area contributed by atoms with Gasteiger partial charge in [-0.1, -0.05) is 12.1 Å². The first-order chi connectivity index (χ1) is 10.0. The quantitative estimate of drug-likeness (QED) is 0.387. The number of rotatable bonds is 7. The molecule has 0 heterocycles. The van der Waals surface area contributed by atoms with Crippen molar-refractivity contribution in [3.8, 4) is 6.07 Å². The molecule has 0 unspecified atom stereocenters. The molecule has 1 amide bonds. The Morgan fingerprint density at radius 2 is 2.00 bits per heavy atom. The van der Waals surface area contributed by atoms with E-state index in [2.05, 4.69) is 10.6 Å². The van der Waals surface area contributed by atoms with E-state index in [9.17, 15) is 14.0 Å². The van der Waals surface area contributed by atoms with Crippen LogP contribution in [-0.4, -0.2) is 30.1 Å². The summed E-state index contributed by atoms with van der Waals surface area (Å²) < 4.78 is 12.7. The van der Waals surface area contributed by atoms with Crippen LogP contribution in [0.2, 0.25) is 0 Å². The predicted molar refractivity (Wildman–Crippen MR) is 72.4 cm³/mol. The molecule has 110 valence electrons. The van der Waals surface area contributed by atoms with Gasteiger partial charge < -0.3 is 15.7 Å². The summed E-state index contributed by atoms with van der Waals surface area (Å²) in [6.07, 6.45) is 1.81. The molecule has 1 aromatic rings. The Balaban J connectivity index is 2.42. The lowest BCUT2D eigenvalue weighted by molar-refractivity contribution is -0.137. The molecule has 0 radical (unpaired) electrons. The van der Waals surface area contributed by atoms with Gasteiger partial charge in [-0.15, -0.1) is 0 Å². The van der Waals surface area contributed by atoms with Crippen molar-refractivity contribution >= 4 is 11.9 Å². The average Bonchev–Trinajstić information content (AvgIpc) is 2.46. The summed E-state index contributed by atoms with van der Waals surface area (Å²) in [7, 11) is 0. The normalized spacial score (nSPS) is 10.6. The number of amides is 1. The molecule has 1 aromatic carbocycles. The van der Waals surface area contributed by atoms with Gasteiger partial charge in [0, 0.05) is 12.7 Å². The Bertz CT molecular complexity index is 576. The summed E-state index contributed by atoms with van der Waals surface area (Å²) in [5.41, 5.74) is 0.696. The van der Waals surface area contributed by atoms with E-state index >= 15 is 0 Å². The van der Waals surface area contributed by atoms with E-state index in [1.165, 1.54) is 18.3 Å². The number of carboxylic acids is 1. The van der Waals surface area contributed by atoms with Crippen LogP contribution in [0.1, 0.15) is 5.56 Å². The maximum Gasteiger partial charge on any atom is 0.322 e. The Morgan fingerprint density at radius 1 is 1.33 bits per heavy atom. The van der Waals surface area contributed by atoms with E-state index in [0.717, 1.165) is 5.56 Å². The van der Waals surface area contributed by atoms with Crippen molar-refractivity contribution in [1.29, 1.82) is 5.26 Å². The number of benzene rings is 1. The molecule has 0 aliphatic carbocycles. The number of nitrogens with one attached hydrogen (secondary N) is 2. The van der Waals surface area contributed by atoms with Crippen molar-refractivity contribution < 1.29 is 19.1 Å². The summed E-state index contributed by atoms with van der Waals surface area (Å²) in [6.45, 7) is -0.101. The van der Waals surface area contributed by atoms with Gasteiger partial charge in [-0.3, -0.25) is 9.59 Å². The molecule has 7 heteroatoms. The zero-order valence-corrected chi connectivity index (χ0v) is 11.1. The third-order valence-electron chi connectivity index (χ3n) is 2.48. The highest BCUT2D eigenvalue weighted by Crippen LogP contribution is 2.02. The zero-order chi connectivity index (χ0) is 15.7. The lowest BCUT2D eigenvalue weighted by Gasteiger charge is -2.03. The molecule has 0 aliphatic rings. The SMILES string of the molecule is N#C/C(=C/NCCc1ccc(F)cc1)C(=O)NCC(=O)O. The number of hydrogen-bond donors (Lipinski definition) is 3. The topological polar surface area (TPSA) is 102 Å². The minimum atomic E-state index is -1.19. The Kier molecular flexibility index (Phi) is 6.41. The number of aliphatic carboxylic acids is 1. The van der Waals surface area contributed by atoms with Gasteiger partial charge in [0.05, 0.1) is 0 Å². The second-order valence-electron chi connectivity index (χ2n) is 4.08. The van der Waals surface area contributed by atoms with Crippen LogP contribution in [-0.2, 0) is 16.0 Å². The van der Waals surface area contributed by atoms with Crippen LogP contribution in [0.25, 0.3) is 0 Å². The third kappa shape index (κ3) is 6.20. The Morgan fingerprint density at radius 3 is 2.57 bits per heavy atom. The van der Waals surface area contributed by atoms with E-state index in [0.29, 0.717) is 13.0 Å². The molecule has 1 rings (SSSR count). The van der Waals surface area contributed by atoms with Gasteiger partial charge in [0.1, 0.15) is 24.0 Å². The monoisotopic (exact) mass is 291 g/mol. The van der Waals surface area contributed by atoms with Crippen LogP contribution in [0.3, 0.4) is 0 Å². The van der Waals surface area contributed by atoms with Gasteiger partial charge in [0.15, 0.2) is 0 Å². The van der Waals surface area contributed by atoms with Gasteiger partial charge in [0.2, 0.25) is 0 Å². The molecule has 6 nitrogen and oxygen atoms in total. The van der Waals surface area contributed by atoms with Crippen molar-refractivity contribution in [1.82, 2.24) is 10.6 Å². The average molecular weight is 291 g/mol. The van der Waals surface area contributed by atoms with E-state index in [1.807, 2.05) is 0 Å². The minimum absolute atomic E-state index is 0.213. The van der Waals surface area contributed by atoms with Crippen LogP contribution in [0, 0.1) is 17.1 Å². The highest BCUT2D eigenvalue weighted by Gasteiger charge is 2.09. The van der Waals surface area contributed by atoms with Crippen LogP contribution >= 0.6 is 0 Å². The number of carbonyl (C=O) groups excluding carboxylic acids is 1. The molecular formula is C14H14FN3O3. The first-order valence-corrected chi connectivity index (χ1v) is 6.11. The molecule has 0 saturated heterocycles. The van der Waals surface area contributed by atoms with Gasteiger partial charge in [-0.25, -0.2) is 4.39 Å². The second-order valence-corrected chi connectivity index (χ2v) is 4.08. The van der Waals surface area contributed by atoms with Crippen LogP contribution in [0.4, 0.5) is 4.39 Å². The fraction of sp³-hybridized carbons (Fsp3) is 0.214. The number of hydrogen-bond acceptors (Lipinski definition) is 4. The first-order valence-electron chi connectivity index (χ1n) is 6.11. The van der Waals surface area contributed by atoms with Gasteiger partial charge >= 0.3 is 5.97 Å². The molecule has 0 aliphatic heterocycles. The summed E-state index contributed by atoms with van der Waals surface area (Å²) in [4.78, 5) is 21.7. The highest BCUT2D eigenvalue weighted by atomic mass is 19.1. The maximum atomic E-state index is 12.7. The standard InChI is InChI=1S/C14H14FN3O3/c15-12-3-1-10(2-4-12)5-6-17-8-11(7-16)14(21)18-9-13(19)20/h1-4,8,17H,5-6,9H2,(H,18,21)(H,19,20)/b11-8-. The van der Waals surface area contributed by atoms with Crippen molar-refractivity contribution in [2.75, 3.05) is 13.1 Å². The number of nitriles is 1. The Labute approximate surface area is 120 Å². The van der Waals surface area contributed by atoms with Gasteiger partial charge in [0.25, 0.3) is 5.91 Å². The van der Waals surface area contributed by atoms with E-state index in [-0.39, 0.29) is 11.4 Å². The molecule has 0 fully saturated rings. The summed E-state index contributed by atoms with van der Waals surface area (Å²) in [5.74, 6) is -2.26. The molecule has 0 saturated carbocycles. The fourth-order valence-electron chi connectivity index (χ4n) is 1.44. The van der Waals surface area contributed by atoms with Gasteiger partial charge in [-0.05, 0) is 24.1 Å². The number of halogens is 1. The molecule has 0 aromatic heterocycles. The summed E-state index contributed by atoms with van der Waals surface area (Å²) >= 11 is 0. The fourth-order valence-corrected chi connectivity index (χ4v) is 1.44. The van der Waals surface area contributed by atoms with Crippen LogP contribution < -0.4 is 10.6 Å². The third-order valence-corrected chi connectivity index (χ3v) is 2.48. The van der Waals surface area contributed by atoms with E-state index < -0.39 is 18.4 Å². The second kappa shape index (κ2) is 8.32. The number of nitrogens with zero attached hydrogens (tertiary/aromatic N) is 1. The number of carbonyl (C=O) groups is 2. The summed E-state index contributed by atoms with van der Waals surface area (Å²) in [6, 6.07) is 7.67. The summed E-state index contributed by atoms with van der Waals surface area (Å²) in [5, 5.41) is 22.1.